The number of nitrogens with zero attached hydrogens (tertiary/aromatic N) is 2. The van der Waals surface area contributed by atoms with Crippen molar-refractivity contribution in [1.29, 1.82) is 0 Å². The lowest BCUT2D eigenvalue weighted by Crippen LogP contribution is -2.09. The van der Waals surface area contributed by atoms with Gasteiger partial charge in [-0.1, -0.05) is 0 Å². The lowest BCUT2D eigenvalue weighted by Gasteiger charge is -2.05. The fraction of sp³-hybridized carbons (Fsp3) is 0.400. The Morgan fingerprint density at radius 2 is 2.35 bits per heavy atom. The summed E-state index contributed by atoms with van der Waals surface area (Å²) >= 11 is 0. The second kappa shape index (κ2) is 4.36. The Morgan fingerprint density at radius 3 is 2.88 bits per heavy atom. The number of methoxy groups -OCH3 is 1. The lowest BCUT2D eigenvalue weighted by molar-refractivity contribution is -0.384. The molecule has 1 aliphatic rings. The first-order chi connectivity index (χ1) is 8.11. The summed E-state index contributed by atoms with van der Waals surface area (Å²) in [4.78, 5) is 25.4. The van der Waals surface area contributed by atoms with E-state index in [1.54, 1.807) is 0 Å². The van der Waals surface area contributed by atoms with Gasteiger partial charge in [0.2, 0.25) is 5.82 Å². The van der Waals surface area contributed by atoms with Gasteiger partial charge in [0, 0.05) is 18.3 Å². The Labute approximate surface area is 96.9 Å². The number of nitro groups is 1. The molecule has 0 aliphatic heterocycles. The highest BCUT2D eigenvalue weighted by molar-refractivity contribution is 5.90. The van der Waals surface area contributed by atoms with Crippen LogP contribution in [0.3, 0.4) is 0 Å². The number of anilines is 1. The number of rotatable bonds is 4. The molecule has 0 bridgehead atoms. The molecule has 1 aromatic rings. The highest BCUT2D eigenvalue weighted by Gasteiger charge is 2.26. The molecule has 0 radical (unpaired) electrons. The lowest BCUT2D eigenvalue weighted by atomic mass is 10.2. The maximum atomic E-state index is 11.2. The van der Waals surface area contributed by atoms with Crippen LogP contribution in [0, 0.1) is 10.1 Å². The number of hydrogen-bond donors (Lipinski definition) is 1. The predicted octanol–water partition coefficient (Wildman–Crippen LogP) is 1.35. The smallest absolute Gasteiger partial charge is 0.339 e. The second-order valence-electron chi connectivity index (χ2n) is 3.76. The molecule has 1 aromatic heterocycles. The summed E-state index contributed by atoms with van der Waals surface area (Å²) < 4.78 is 4.48. The summed E-state index contributed by atoms with van der Waals surface area (Å²) in [5.41, 5.74) is -0.139. The summed E-state index contributed by atoms with van der Waals surface area (Å²) in [6.45, 7) is 0. The van der Waals surface area contributed by atoms with E-state index in [1.165, 1.54) is 19.4 Å². The summed E-state index contributed by atoms with van der Waals surface area (Å²) in [5, 5.41) is 13.8. The van der Waals surface area contributed by atoms with Gasteiger partial charge in [0.15, 0.2) is 0 Å². The molecule has 1 aliphatic carbocycles. The van der Waals surface area contributed by atoms with Crippen molar-refractivity contribution < 1.29 is 14.5 Å². The fourth-order valence-corrected chi connectivity index (χ4v) is 1.35. The van der Waals surface area contributed by atoms with Gasteiger partial charge in [-0.15, -0.1) is 0 Å². The van der Waals surface area contributed by atoms with Crippen molar-refractivity contribution in [3.8, 4) is 0 Å². The van der Waals surface area contributed by atoms with E-state index in [1.807, 2.05) is 0 Å². The van der Waals surface area contributed by atoms with Crippen LogP contribution in [-0.4, -0.2) is 29.0 Å². The van der Waals surface area contributed by atoms with Crippen molar-refractivity contribution >= 4 is 17.5 Å². The molecule has 1 heterocycles. The van der Waals surface area contributed by atoms with Crippen LogP contribution in [0.4, 0.5) is 11.5 Å². The molecular weight excluding hydrogens is 226 g/mol. The first kappa shape index (κ1) is 11.3. The van der Waals surface area contributed by atoms with E-state index in [-0.39, 0.29) is 23.1 Å². The molecular formula is C10H11N3O4. The maximum Gasteiger partial charge on any atom is 0.339 e. The Bertz CT molecular complexity index is 471. The largest absolute Gasteiger partial charge is 0.465 e. The number of carbonyl (C=O) groups excluding carboxylic acids is 1. The van der Waals surface area contributed by atoms with E-state index in [9.17, 15) is 14.9 Å². The van der Waals surface area contributed by atoms with Gasteiger partial charge < -0.3 is 10.1 Å². The molecule has 1 saturated carbocycles. The number of pyridine rings is 1. The third-order valence-electron chi connectivity index (χ3n) is 2.40. The molecule has 1 fully saturated rings. The fourth-order valence-electron chi connectivity index (χ4n) is 1.35. The molecule has 90 valence electrons. The van der Waals surface area contributed by atoms with E-state index >= 15 is 0 Å². The van der Waals surface area contributed by atoms with Crippen molar-refractivity contribution in [3.05, 3.63) is 27.9 Å². The van der Waals surface area contributed by atoms with Gasteiger partial charge >= 0.3 is 11.7 Å². The Kier molecular flexibility index (Phi) is 2.90. The summed E-state index contributed by atoms with van der Waals surface area (Å²) in [7, 11) is 1.21. The van der Waals surface area contributed by atoms with Crippen LogP contribution in [0.2, 0.25) is 0 Å². The van der Waals surface area contributed by atoms with Gasteiger partial charge in [-0.3, -0.25) is 10.1 Å². The van der Waals surface area contributed by atoms with Gasteiger partial charge in [-0.2, -0.15) is 0 Å². The zero-order valence-electron chi connectivity index (χ0n) is 9.17. The average Bonchev–Trinajstić information content (AvgIpc) is 3.12. The van der Waals surface area contributed by atoms with Crippen molar-refractivity contribution in [3.63, 3.8) is 0 Å². The molecule has 1 N–H and O–H groups in total. The summed E-state index contributed by atoms with van der Waals surface area (Å²) in [5.74, 6) is -0.441. The van der Waals surface area contributed by atoms with Crippen LogP contribution in [0.5, 0.6) is 0 Å². The number of aromatic nitrogens is 1. The normalized spacial score (nSPS) is 14.2. The SMILES string of the molecule is COC(=O)c1cnc(NC2CC2)c([N+](=O)[O-])c1. The van der Waals surface area contributed by atoms with E-state index in [0.717, 1.165) is 12.8 Å². The number of hydrogen-bond acceptors (Lipinski definition) is 6. The van der Waals surface area contributed by atoms with Crippen molar-refractivity contribution in [2.45, 2.75) is 18.9 Å². The van der Waals surface area contributed by atoms with Crippen LogP contribution in [0.1, 0.15) is 23.2 Å². The van der Waals surface area contributed by atoms with Gasteiger partial charge in [0.1, 0.15) is 0 Å². The summed E-state index contributed by atoms with van der Waals surface area (Å²) in [6, 6.07) is 1.42. The van der Waals surface area contributed by atoms with E-state index < -0.39 is 10.9 Å². The Balaban J connectivity index is 2.32. The number of nitrogens with one attached hydrogen (secondary N) is 1. The third kappa shape index (κ3) is 2.49. The average molecular weight is 237 g/mol. The number of ether oxygens (including phenoxy) is 1. The van der Waals surface area contributed by atoms with E-state index in [4.69, 9.17) is 0 Å². The van der Waals surface area contributed by atoms with Crippen molar-refractivity contribution in [2.24, 2.45) is 0 Å². The molecule has 2 rings (SSSR count). The molecule has 7 nitrogen and oxygen atoms in total. The first-order valence-corrected chi connectivity index (χ1v) is 5.11. The molecule has 0 spiro atoms. The minimum absolute atomic E-state index is 0.0700. The first-order valence-electron chi connectivity index (χ1n) is 5.11. The number of carbonyl (C=O) groups is 1. The molecule has 0 saturated heterocycles. The van der Waals surface area contributed by atoms with E-state index in [0.29, 0.717) is 0 Å². The minimum atomic E-state index is -0.640. The minimum Gasteiger partial charge on any atom is -0.465 e. The highest BCUT2D eigenvalue weighted by Crippen LogP contribution is 2.29. The standard InChI is InChI=1S/C10H11N3O4/c1-17-10(14)6-4-8(13(15)16)9(11-5-6)12-7-2-3-7/h4-5,7H,2-3H2,1H3,(H,11,12). The monoisotopic (exact) mass is 237 g/mol. The van der Waals surface area contributed by atoms with Crippen LogP contribution in [0.15, 0.2) is 12.3 Å². The van der Waals surface area contributed by atoms with E-state index in [2.05, 4.69) is 15.0 Å². The molecule has 0 aromatic carbocycles. The quantitative estimate of drug-likeness (QED) is 0.482. The van der Waals surface area contributed by atoms with Gasteiger partial charge in [-0.05, 0) is 12.8 Å². The van der Waals surface area contributed by atoms with Crippen LogP contribution < -0.4 is 5.32 Å². The van der Waals surface area contributed by atoms with Gasteiger partial charge in [0.25, 0.3) is 0 Å². The van der Waals surface area contributed by atoms with Crippen LogP contribution in [0.25, 0.3) is 0 Å². The zero-order chi connectivity index (χ0) is 12.4. The maximum absolute atomic E-state index is 11.2. The zero-order valence-corrected chi connectivity index (χ0v) is 9.17. The van der Waals surface area contributed by atoms with Crippen LogP contribution >= 0.6 is 0 Å². The highest BCUT2D eigenvalue weighted by atomic mass is 16.6. The van der Waals surface area contributed by atoms with Gasteiger partial charge in [-0.25, -0.2) is 9.78 Å². The molecule has 7 heteroatoms. The Morgan fingerprint density at radius 1 is 1.65 bits per heavy atom. The molecule has 0 atom stereocenters. The van der Waals surface area contributed by atoms with Crippen LogP contribution in [-0.2, 0) is 4.74 Å². The molecule has 0 amide bonds. The Hall–Kier alpha value is -2.18. The topological polar surface area (TPSA) is 94.4 Å². The molecule has 0 unspecified atom stereocenters. The van der Waals surface area contributed by atoms with Crippen molar-refractivity contribution in [2.75, 3.05) is 12.4 Å². The number of esters is 1. The second-order valence-corrected chi connectivity index (χ2v) is 3.76. The molecule has 17 heavy (non-hydrogen) atoms. The van der Waals surface area contributed by atoms with Gasteiger partial charge in [0.05, 0.1) is 17.6 Å². The predicted molar refractivity (Wildman–Crippen MR) is 58.9 cm³/mol. The van der Waals surface area contributed by atoms with Crippen molar-refractivity contribution in [1.82, 2.24) is 4.98 Å². The summed E-state index contributed by atoms with van der Waals surface area (Å²) in [6.07, 6.45) is 3.23. The third-order valence-corrected chi connectivity index (χ3v) is 2.40.